The summed E-state index contributed by atoms with van der Waals surface area (Å²) in [5.41, 5.74) is 2.33. The summed E-state index contributed by atoms with van der Waals surface area (Å²) in [6.45, 7) is 1.85. The van der Waals surface area contributed by atoms with Gasteiger partial charge in [-0.3, -0.25) is 0 Å². The van der Waals surface area contributed by atoms with Crippen LogP contribution >= 0.6 is 31.9 Å². The molecular formula is C20H24Br2O5. The minimum absolute atomic E-state index is 0.310. The van der Waals surface area contributed by atoms with Gasteiger partial charge in [-0.1, -0.05) is 12.1 Å². The fourth-order valence-electron chi connectivity index (χ4n) is 2.35. The highest BCUT2D eigenvalue weighted by molar-refractivity contribution is 9.11. The second-order valence-electron chi connectivity index (χ2n) is 5.76. The predicted molar refractivity (Wildman–Crippen MR) is 111 cm³/mol. The Morgan fingerprint density at radius 2 is 1.15 bits per heavy atom. The third-order valence-corrected chi connectivity index (χ3v) is 4.92. The normalized spacial score (nSPS) is 11.0. The van der Waals surface area contributed by atoms with Gasteiger partial charge in [0.1, 0.15) is 25.1 Å². The van der Waals surface area contributed by atoms with Gasteiger partial charge in [-0.05, 0) is 80.1 Å². The van der Waals surface area contributed by atoms with Gasteiger partial charge in [0, 0.05) is 14.2 Å². The lowest BCUT2D eigenvalue weighted by molar-refractivity contribution is -0.0292. The van der Waals surface area contributed by atoms with E-state index in [0.717, 1.165) is 44.4 Å². The van der Waals surface area contributed by atoms with Crippen LogP contribution in [0.2, 0.25) is 0 Å². The zero-order valence-electron chi connectivity index (χ0n) is 15.5. The van der Waals surface area contributed by atoms with Crippen molar-refractivity contribution in [1.82, 2.24) is 0 Å². The van der Waals surface area contributed by atoms with Gasteiger partial charge in [0.25, 0.3) is 0 Å². The van der Waals surface area contributed by atoms with Crippen LogP contribution in [0, 0.1) is 0 Å². The van der Waals surface area contributed by atoms with E-state index in [1.54, 1.807) is 14.2 Å². The van der Waals surface area contributed by atoms with Crippen LogP contribution in [0.15, 0.2) is 45.3 Å². The first kappa shape index (κ1) is 22.3. The second-order valence-corrected chi connectivity index (χ2v) is 7.47. The smallest absolute Gasteiger partial charge is 0.146 e. The second kappa shape index (κ2) is 12.5. The van der Waals surface area contributed by atoms with Crippen LogP contribution in [0.4, 0.5) is 0 Å². The molecule has 0 N–H and O–H groups in total. The molecule has 0 saturated heterocycles. The number of halogens is 2. The van der Waals surface area contributed by atoms with E-state index >= 15 is 0 Å². The Hall–Kier alpha value is -0.960. The first-order valence-corrected chi connectivity index (χ1v) is 10.1. The van der Waals surface area contributed by atoms with Gasteiger partial charge in [0.2, 0.25) is 0 Å². The molecule has 2 rings (SSSR count). The predicted octanol–water partition coefficient (Wildman–Crippen LogP) is 5.33. The molecule has 0 aliphatic rings. The van der Waals surface area contributed by atoms with Crippen LogP contribution in [0.5, 0.6) is 11.5 Å². The lowest BCUT2D eigenvalue weighted by atomic mass is 10.1. The van der Waals surface area contributed by atoms with Crippen molar-refractivity contribution in [3.63, 3.8) is 0 Å². The van der Waals surface area contributed by atoms with Crippen molar-refractivity contribution < 1.29 is 23.7 Å². The summed E-state index contributed by atoms with van der Waals surface area (Å²) in [5, 5.41) is 0. The minimum atomic E-state index is 0.310. The third-order valence-electron chi connectivity index (χ3n) is 3.69. The highest BCUT2D eigenvalue weighted by Gasteiger charge is 2.08. The summed E-state index contributed by atoms with van der Waals surface area (Å²) in [6, 6.07) is 12.1. The quantitative estimate of drug-likeness (QED) is 0.289. The van der Waals surface area contributed by atoms with Crippen LogP contribution in [-0.2, 0) is 31.8 Å². The van der Waals surface area contributed by atoms with E-state index in [2.05, 4.69) is 31.9 Å². The van der Waals surface area contributed by atoms with Crippen LogP contribution in [0.1, 0.15) is 11.1 Å². The molecule has 0 atom stereocenters. The minimum Gasteiger partial charge on any atom is -0.455 e. The molecule has 0 heterocycles. The van der Waals surface area contributed by atoms with Crippen LogP contribution in [0.3, 0.4) is 0 Å². The van der Waals surface area contributed by atoms with Crippen LogP contribution < -0.4 is 4.74 Å². The highest BCUT2D eigenvalue weighted by Crippen LogP contribution is 2.35. The average molecular weight is 504 g/mol. The van der Waals surface area contributed by atoms with E-state index in [-0.39, 0.29) is 0 Å². The van der Waals surface area contributed by atoms with Crippen molar-refractivity contribution in [3.8, 4) is 11.5 Å². The monoisotopic (exact) mass is 502 g/mol. The van der Waals surface area contributed by atoms with Gasteiger partial charge >= 0.3 is 0 Å². The highest BCUT2D eigenvalue weighted by atomic mass is 79.9. The Morgan fingerprint density at radius 1 is 0.704 bits per heavy atom. The summed E-state index contributed by atoms with van der Waals surface area (Å²) >= 11 is 7.16. The topological polar surface area (TPSA) is 46.2 Å². The first-order valence-electron chi connectivity index (χ1n) is 8.52. The summed E-state index contributed by atoms with van der Waals surface area (Å²) < 4.78 is 28.2. The first-order chi connectivity index (χ1) is 13.1. The Bertz CT molecular complexity index is 649. The van der Waals surface area contributed by atoms with Crippen molar-refractivity contribution in [2.24, 2.45) is 0 Å². The van der Waals surface area contributed by atoms with Crippen molar-refractivity contribution in [1.29, 1.82) is 0 Å². The lowest BCUT2D eigenvalue weighted by Crippen LogP contribution is -2.02. The fourth-order valence-corrected chi connectivity index (χ4v) is 3.36. The molecule has 5 nitrogen and oxygen atoms in total. The largest absolute Gasteiger partial charge is 0.455 e. The zero-order valence-corrected chi connectivity index (χ0v) is 18.7. The summed E-state index contributed by atoms with van der Waals surface area (Å²) in [7, 11) is 3.23. The molecule has 0 radical (unpaired) electrons. The molecule has 0 bridgehead atoms. The van der Waals surface area contributed by atoms with Gasteiger partial charge in [0.15, 0.2) is 0 Å². The van der Waals surface area contributed by atoms with Gasteiger partial charge in [-0.25, -0.2) is 0 Å². The third kappa shape index (κ3) is 7.89. The molecule has 0 aliphatic carbocycles. The molecule has 7 heteroatoms. The number of benzene rings is 2. The molecule has 0 unspecified atom stereocenters. The summed E-state index contributed by atoms with van der Waals surface area (Å²) in [6.07, 6.45) is 1.62. The molecule has 0 fully saturated rings. The Balaban J connectivity index is 1.93. The van der Waals surface area contributed by atoms with Gasteiger partial charge in [0.05, 0.1) is 22.2 Å². The molecule has 148 valence electrons. The Morgan fingerprint density at radius 3 is 1.52 bits per heavy atom. The molecular weight excluding hydrogens is 480 g/mol. The maximum Gasteiger partial charge on any atom is 0.146 e. The van der Waals surface area contributed by atoms with Gasteiger partial charge < -0.3 is 23.7 Å². The maximum atomic E-state index is 6.04. The molecule has 0 aliphatic heterocycles. The van der Waals surface area contributed by atoms with E-state index in [9.17, 15) is 0 Å². The van der Waals surface area contributed by atoms with E-state index < -0.39 is 0 Å². The number of ether oxygens (including phenoxy) is 5. The lowest BCUT2D eigenvalue weighted by Gasteiger charge is -2.12. The number of rotatable bonds is 12. The zero-order chi connectivity index (χ0) is 19.5. The van der Waals surface area contributed by atoms with E-state index in [1.807, 2.05) is 36.4 Å². The standard InChI is InChI=1S/C20H24Br2O5/c1-23-13-25-9-7-15-3-5-19(17(21)11-15)27-20-6-4-16(12-18(20)22)8-10-26-14-24-2/h3-6,11-12H,7-10,13-14H2,1-2H3. The molecule has 2 aromatic carbocycles. The van der Waals surface area contributed by atoms with Crippen molar-refractivity contribution in [3.05, 3.63) is 56.5 Å². The summed E-state index contributed by atoms with van der Waals surface area (Å²) in [4.78, 5) is 0. The molecule has 0 saturated carbocycles. The van der Waals surface area contributed by atoms with Gasteiger partial charge in [-0.2, -0.15) is 0 Å². The van der Waals surface area contributed by atoms with E-state index in [1.165, 1.54) is 0 Å². The molecule has 2 aromatic rings. The van der Waals surface area contributed by atoms with E-state index in [0.29, 0.717) is 26.8 Å². The van der Waals surface area contributed by atoms with Gasteiger partial charge in [-0.15, -0.1) is 0 Å². The van der Waals surface area contributed by atoms with Crippen molar-refractivity contribution in [2.45, 2.75) is 12.8 Å². The average Bonchev–Trinajstić information content (AvgIpc) is 2.66. The number of methoxy groups -OCH3 is 2. The van der Waals surface area contributed by atoms with Crippen LogP contribution in [-0.4, -0.2) is 41.0 Å². The number of hydrogen-bond acceptors (Lipinski definition) is 5. The maximum absolute atomic E-state index is 6.04. The fraction of sp³-hybridized carbons (Fsp3) is 0.400. The molecule has 0 aromatic heterocycles. The Labute approximate surface area is 177 Å². The SMILES string of the molecule is COCOCCc1ccc(Oc2ccc(CCOCOC)cc2Br)c(Br)c1. The van der Waals surface area contributed by atoms with Crippen LogP contribution in [0.25, 0.3) is 0 Å². The van der Waals surface area contributed by atoms with Crippen molar-refractivity contribution >= 4 is 31.9 Å². The van der Waals surface area contributed by atoms with Crippen molar-refractivity contribution in [2.75, 3.05) is 41.0 Å². The summed E-state index contributed by atoms with van der Waals surface area (Å²) in [5.74, 6) is 1.52. The number of hydrogen-bond donors (Lipinski definition) is 0. The van der Waals surface area contributed by atoms with E-state index in [4.69, 9.17) is 23.7 Å². The molecule has 27 heavy (non-hydrogen) atoms. The Kier molecular flexibility index (Phi) is 10.3. The molecule has 0 amide bonds. The molecule has 0 spiro atoms.